The minimum atomic E-state index is -3.68. The van der Waals surface area contributed by atoms with Crippen molar-refractivity contribution >= 4 is 77.6 Å². The Morgan fingerprint density at radius 2 is 1.40 bits per heavy atom. The number of hydrogen-bond donors (Lipinski definition) is 0. The minimum Gasteiger partial charge on any atom is -0.309 e. The van der Waals surface area contributed by atoms with Crippen molar-refractivity contribution in [3.63, 3.8) is 0 Å². The van der Waals surface area contributed by atoms with E-state index < -0.39 is 9.84 Å². The van der Waals surface area contributed by atoms with Gasteiger partial charge < -0.3 is 4.90 Å². The molecule has 0 radical (unpaired) electrons. The first-order chi connectivity index (χ1) is 20.3. The predicted octanol–water partition coefficient (Wildman–Crippen LogP) is 5.72. The van der Waals surface area contributed by atoms with Gasteiger partial charge in [-0.1, -0.05) is 42.5 Å². The van der Waals surface area contributed by atoms with E-state index in [9.17, 15) is 8.42 Å². The van der Waals surface area contributed by atoms with Crippen LogP contribution in [0.2, 0.25) is 0 Å². The lowest BCUT2D eigenvalue weighted by molar-refractivity contribution is 0.595. The van der Waals surface area contributed by atoms with Crippen LogP contribution in [0, 0.1) is 20.8 Å². The Labute approximate surface area is 243 Å². The molecule has 7 aromatic rings. The molecule has 5 aromatic carbocycles. The number of aromatic nitrogens is 2. The smallest absolute Gasteiger partial charge is 0.252 e. The summed E-state index contributed by atoms with van der Waals surface area (Å²) in [5, 5.41) is 1.26. The van der Waals surface area contributed by atoms with E-state index in [-0.39, 0.29) is 6.71 Å². The molecule has 200 valence electrons. The monoisotopic (exact) mass is 561 g/mol. The molecule has 0 fully saturated rings. The molecule has 0 spiro atoms. The molecule has 5 nitrogen and oxygen atoms in total. The van der Waals surface area contributed by atoms with Crippen LogP contribution in [-0.4, -0.2) is 24.1 Å². The maximum atomic E-state index is 14.0. The lowest BCUT2D eigenvalue weighted by Gasteiger charge is -2.43. The molecule has 0 saturated heterocycles. The minimum absolute atomic E-state index is 0.0900. The van der Waals surface area contributed by atoms with Crippen molar-refractivity contribution in [2.24, 2.45) is 0 Å². The van der Waals surface area contributed by atoms with E-state index in [1.807, 2.05) is 24.3 Å². The third-order valence-electron chi connectivity index (χ3n) is 9.60. The van der Waals surface area contributed by atoms with Crippen LogP contribution in [0.1, 0.15) is 16.7 Å². The van der Waals surface area contributed by atoms with Crippen molar-refractivity contribution in [1.29, 1.82) is 0 Å². The van der Waals surface area contributed by atoms with Crippen LogP contribution in [0.4, 0.5) is 17.1 Å². The number of anilines is 3. The maximum Gasteiger partial charge on any atom is 0.252 e. The van der Waals surface area contributed by atoms with Crippen molar-refractivity contribution in [2.75, 3.05) is 4.90 Å². The number of fused-ring (bicyclic) bond motifs is 11. The largest absolute Gasteiger partial charge is 0.309 e. The zero-order valence-electron chi connectivity index (χ0n) is 23.3. The number of imidazole rings is 1. The van der Waals surface area contributed by atoms with E-state index in [2.05, 4.69) is 89.2 Å². The number of nitrogens with zero attached hydrogens (tertiary/aromatic N) is 3. The average Bonchev–Trinajstić information content (AvgIpc) is 3.50. The molecule has 3 aliphatic heterocycles. The molecular weight excluding hydrogens is 537 g/mol. The fourth-order valence-corrected chi connectivity index (χ4v) is 9.77. The Kier molecular flexibility index (Phi) is 3.91. The number of para-hydroxylation sites is 3. The molecular formula is C35H24BN3O2S. The Morgan fingerprint density at radius 3 is 2.29 bits per heavy atom. The Bertz CT molecular complexity index is 2540. The highest BCUT2D eigenvalue weighted by molar-refractivity contribution is 7.92. The summed E-state index contributed by atoms with van der Waals surface area (Å²) in [6.45, 7) is 6.40. The van der Waals surface area contributed by atoms with Crippen molar-refractivity contribution in [1.82, 2.24) is 8.97 Å². The highest BCUT2D eigenvalue weighted by Crippen LogP contribution is 2.50. The second kappa shape index (κ2) is 7.17. The first-order valence-corrected chi connectivity index (χ1v) is 15.8. The molecule has 5 heterocycles. The molecule has 0 N–H and O–H groups in total. The van der Waals surface area contributed by atoms with Gasteiger partial charge in [0, 0.05) is 16.8 Å². The van der Waals surface area contributed by atoms with Gasteiger partial charge >= 0.3 is 0 Å². The van der Waals surface area contributed by atoms with Gasteiger partial charge in [0.05, 0.1) is 37.7 Å². The molecule has 3 aliphatic rings. The molecule has 0 aliphatic carbocycles. The summed E-state index contributed by atoms with van der Waals surface area (Å²) >= 11 is 0. The Balaban J connectivity index is 1.44. The zero-order valence-corrected chi connectivity index (χ0v) is 24.1. The predicted molar refractivity (Wildman–Crippen MR) is 171 cm³/mol. The highest BCUT2D eigenvalue weighted by Gasteiger charge is 2.47. The quantitative estimate of drug-likeness (QED) is 0.223. The first-order valence-electron chi connectivity index (χ1n) is 14.3. The number of aryl methyl sites for hydroxylation is 3. The molecule has 0 unspecified atom stereocenters. The van der Waals surface area contributed by atoms with Gasteiger partial charge in [-0.25, -0.2) is 8.42 Å². The van der Waals surface area contributed by atoms with Gasteiger partial charge in [-0.2, -0.15) is 0 Å². The number of benzene rings is 5. The second-order valence-electron chi connectivity index (χ2n) is 12.1. The van der Waals surface area contributed by atoms with Gasteiger partial charge in [0.2, 0.25) is 9.84 Å². The summed E-state index contributed by atoms with van der Waals surface area (Å²) < 4.78 is 32.9. The molecule has 0 atom stereocenters. The second-order valence-corrected chi connectivity index (χ2v) is 13.9. The van der Waals surface area contributed by atoms with Crippen molar-refractivity contribution in [2.45, 2.75) is 30.6 Å². The van der Waals surface area contributed by atoms with E-state index in [4.69, 9.17) is 0 Å². The number of hydrogen-bond acceptors (Lipinski definition) is 3. The van der Waals surface area contributed by atoms with Crippen LogP contribution in [0.15, 0.2) is 101 Å². The van der Waals surface area contributed by atoms with Crippen LogP contribution in [0.25, 0.3) is 33.3 Å². The fourth-order valence-electron chi connectivity index (χ4n) is 8.12. The van der Waals surface area contributed by atoms with E-state index in [0.717, 1.165) is 33.7 Å². The van der Waals surface area contributed by atoms with Crippen LogP contribution in [0.3, 0.4) is 0 Å². The molecule has 10 rings (SSSR count). The molecule has 2 aromatic heterocycles. The van der Waals surface area contributed by atoms with E-state index >= 15 is 0 Å². The number of rotatable bonds is 0. The first kappa shape index (κ1) is 22.9. The SMILES string of the molecule is Cc1cc2c3c(c1)-n1c4c(cccc4n4c5cc(C)cc(C)c5cc14)B3c1cccc3c1N2c1ccccc1S3(=O)=O. The Hall–Kier alpha value is -4.75. The molecule has 42 heavy (non-hydrogen) atoms. The Morgan fingerprint density at radius 1 is 0.667 bits per heavy atom. The normalized spacial score (nSPS) is 15.3. The van der Waals surface area contributed by atoms with Crippen molar-refractivity contribution in [3.05, 3.63) is 108 Å². The van der Waals surface area contributed by atoms with E-state index in [1.165, 1.54) is 44.0 Å². The van der Waals surface area contributed by atoms with Crippen LogP contribution < -0.4 is 21.3 Å². The summed E-state index contributed by atoms with van der Waals surface area (Å²) in [7, 11) is -3.68. The van der Waals surface area contributed by atoms with E-state index in [0.29, 0.717) is 15.5 Å². The topological polar surface area (TPSA) is 46.7 Å². The molecule has 0 amide bonds. The summed E-state index contributed by atoms with van der Waals surface area (Å²) in [4.78, 5) is 2.94. The zero-order chi connectivity index (χ0) is 28.2. The molecule has 7 heteroatoms. The average molecular weight is 561 g/mol. The fraction of sp³-hybridized carbons (Fsp3) is 0.0857. The van der Waals surface area contributed by atoms with Crippen LogP contribution in [-0.2, 0) is 9.84 Å². The van der Waals surface area contributed by atoms with Gasteiger partial charge in [-0.3, -0.25) is 8.97 Å². The molecule has 0 saturated carbocycles. The van der Waals surface area contributed by atoms with Crippen molar-refractivity contribution < 1.29 is 8.42 Å². The molecule has 0 bridgehead atoms. The lowest BCUT2D eigenvalue weighted by Crippen LogP contribution is -2.61. The van der Waals surface area contributed by atoms with Gasteiger partial charge in [0.15, 0.2) is 0 Å². The summed E-state index contributed by atoms with van der Waals surface area (Å²) in [5.74, 6) is 0. The van der Waals surface area contributed by atoms with Gasteiger partial charge in [0.25, 0.3) is 6.71 Å². The lowest BCUT2D eigenvalue weighted by atomic mass is 9.34. The van der Waals surface area contributed by atoms with Gasteiger partial charge in [-0.05, 0) is 102 Å². The van der Waals surface area contributed by atoms with Crippen LogP contribution in [0.5, 0.6) is 0 Å². The standard InChI is InChI=1S/C35H24BN3O2S/c1-19-14-21(3)22-18-32-37(27(22)15-19)26-11-6-8-23-34(26)39(32)29-17-20(2)16-28-33(29)36(23)24-9-7-13-31-35(24)38(28)25-10-4-5-12-30(25)42(31,40)41/h4-18H,1-3H3. The third-order valence-corrected chi connectivity index (χ3v) is 11.4. The third kappa shape index (κ3) is 2.44. The van der Waals surface area contributed by atoms with Gasteiger partial charge in [-0.15, -0.1) is 0 Å². The summed E-state index contributed by atoms with van der Waals surface area (Å²) in [6, 6.07) is 31.2. The van der Waals surface area contributed by atoms with Crippen LogP contribution >= 0.6 is 0 Å². The number of sulfone groups is 1. The maximum absolute atomic E-state index is 14.0. The summed E-state index contributed by atoms with van der Waals surface area (Å²) in [5.41, 5.74) is 15.5. The van der Waals surface area contributed by atoms with E-state index in [1.54, 1.807) is 12.1 Å². The summed E-state index contributed by atoms with van der Waals surface area (Å²) in [6.07, 6.45) is 0. The van der Waals surface area contributed by atoms with Gasteiger partial charge in [0.1, 0.15) is 5.65 Å². The van der Waals surface area contributed by atoms with Crippen molar-refractivity contribution in [3.8, 4) is 5.69 Å². The highest BCUT2D eigenvalue weighted by atomic mass is 32.2.